The van der Waals surface area contributed by atoms with Gasteiger partial charge < -0.3 is 4.42 Å². The molecule has 0 N–H and O–H groups in total. The molecule has 0 spiro atoms. The van der Waals surface area contributed by atoms with E-state index in [9.17, 15) is 0 Å². The number of fused-ring (bicyclic) bond motifs is 8. The fourth-order valence-electron chi connectivity index (χ4n) is 4.61. The first-order chi connectivity index (χ1) is 14.8. The van der Waals surface area contributed by atoms with Crippen molar-refractivity contribution >= 4 is 49.8 Å². The molecular formula is C25H16N4O. The number of rotatable bonds is 1. The molecule has 0 fully saturated rings. The SMILES string of the molecule is Cc1cc(-n2c3ccccc3n3c4ccccc4nc23)c2oc3cnccc3c2c1. The molecule has 0 atom stereocenters. The van der Waals surface area contributed by atoms with Crippen LogP contribution in [0.1, 0.15) is 5.56 Å². The first-order valence-corrected chi connectivity index (χ1v) is 9.93. The topological polar surface area (TPSA) is 48.3 Å². The third-order valence-corrected chi connectivity index (χ3v) is 5.85. The van der Waals surface area contributed by atoms with Crippen molar-refractivity contribution in [2.45, 2.75) is 6.92 Å². The lowest BCUT2D eigenvalue weighted by molar-refractivity contribution is 0.664. The van der Waals surface area contributed by atoms with Crippen LogP contribution in [0.3, 0.4) is 0 Å². The Labute approximate surface area is 170 Å². The Morgan fingerprint density at radius 2 is 1.63 bits per heavy atom. The van der Waals surface area contributed by atoms with Gasteiger partial charge in [0.25, 0.3) is 0 Å². The van der Waals surface area contributed by atoms with Crippen molar-refractivity contribution in [1.82, 2.24) is 18.9 Å². The summed E-state index contributed by atoms with van der Waals surface area (Å²) in [7, 11) is 0. The Morgan fingerprint density at radius 1 is 0.833 bits per heavy atom. The van der Waals surface area contributed by atoms with Crippen molar-refractivity contribution in [3.63, 3.8) is 0 Å². The standard InChI is InChI=1S/C25H16N4O/c1-15-12-17-16-10-11-26-14-23(16)30-24(17)22(13-15)29-21-9-5-4-8-20(21)28-19-7-3-2-6-18(19)27-25(28)29/h2-14H,1H3. The largest absolute Gasteiger partial charge is 0.452 e. The molecule has 30 heavy (non-hydrogen) atoms. The van der Waals surface area contributed by atoms with Crippen LogP contribution in [-0.4, -0.2) is 18.9 Å². The van der Waals surface area contributed by atoms with E-state index in [1.807, 2.05) is 18.3 Å². The molecule has 7 rings (SSSR count). The summed E-state index contributed by atoms with van der Waals surface area (Å²) in [4.78, 5) is 9.23. The highest BCUT2D eigenvalue weighted by molar-refractivity contribution is 6.08. The van der Waals surface area contributed by atoms with Crippen LogP contribution < -0.4 is 0 Å². The molecule has 0 aliphatic heterocycles. The highest BCUT2D eigenvalue weighted by Crippen LogP contribution is 2.36. The Bertz CT molecular complexity index is 1770. The molecule has 142 valence electrons. The Kier molecular flexibility index (Phi) is 2.88. The van der Waals surface area contributed by atoms with Crippen LogP contribution in [0.2, 0.25) is 0 Å². The maximum absolute atomic E-state index is 6.31. The summed E-state index contributed by atoms with van der Waals surface area (Å²) in [5, 5.41) is 2.17. The fourth-order valence-corrected chi connectivity index (χ4v) is 4.61. The average Bonchev–Trinajstić information content (AvgIpc) is 3.42. The number of aromatic nitrogens is 4. The minimum atomic E-state index is 0.792. The van der Waals surface area contributed by atoms with Crippen LogP contribution in [0.4, 0.5) is 0 Å². The van der Waals surface area contributed by atoms with Gasteiger partial charge in [-0.2, -0.15) is 0 Å². The maximum atomic E-state index is 6.31. The minimum Gasteiger partial charge on any atom is -0.452 e. The molecule has 5 nitrogen and oxygen atoms in total. The molecule has 0 aliphatic rings. The molecular weight excluding hydrogens is 372 g/mol. The zero-order chi connectivity index (χ0) is 19.8. The minimum absolute atomic E-state index is 0.792. The van der Waals surface area contributed by atoms with Crippen LogP contribution in [0.5, 0.6) is 0 Å². The van der Waals surface area contributed by atoms with E-state index in [0.717, 1.165) is 55.5 Å². The first-order valence-electron chi connectivity index (χ1n) is 9.93. The molecule has 3 aromatic carbocycles. The predicted molar refractivity (Wildman–Crippen MR) is 119 cm³/mol. The molecule has 0 aliphatic carbocycles. The Hall–Kier alpha value is -4.12. The lowest BCUT2D eigenvalue weighted by atomic mass is 10.1. The number of pyridine rings is 1. The fraction of sp³-hybridized carbons (Fsp3) is 0.0400. The summed E-state index contributed by atoms with van der Waals surface area (Å²) < 4.78 is 10.7. The molecule has 0 saturated carbocycles. The molecule has 4 aromatic heterocycles. The molecule has 4 heterocycles. The summed E-state index contributed by atoms with van der Waals surface area (Å²) in [6, 6.07) is 23.0. The number of para-hydroxylation sites is 4. The number of nitrogens with zero attached hydrogens (tertiary/aromatic N) is 4. The smallest absolute Gasteiger partial charge is 0.220 e. The van der Waals surface area contributed by atoms with Gasteiger partial charge in [0.1, 0.15) is 0 Å². The summed E-state index contributed by atoms with van der Waals surface area (Å²) >= 11 is 0. The van der Waals surface area contributed by atoms with Crippen LogP contribution in [-0.2, 0) is 0 Å². The molecule has 0 bridgehead atoms. The highest BCUT2D eigenvalue weighted by Gasteiger charge is 2.20. The number of hydrogen-bond acceptors (Lipinski definition) is 3. The van der Waals surface area contributed by atoms with E-state index in [2.05, 4.69) is 75.5 Å². The van der Waals surface area contributed by atoms with E-state index >= 15 is 0 Å². The number of aryl methyl sites for hydroxylation is 1. The molecule has 0 saturated heterocycles. The number of furan rings is 1. The molecule has 0 unspecified atom stereocenters. The maximum Gasteiger partial charge on any atom is 0.220 e. The zero-order valence-electron chi connectivity index (χ0n) is 16.2. The van der Waals surface area contributed by atoms with Crippen LogP contribution in [0.25, 0.3) is 55.5 Å². The van der Waals surface area contributed by atoms with Crippen molar-refractivity contribution in [2.24, 2.45) is 0 Å². The second kappa shape index (κ2) is 5.48. The molecule has 0 radical (unpaired) electrons. The Balaban J connectivity index is 1.73. The van der Waals surface area contributed by atoms with E-state index in [4.69, 9.17) is 9.40 Å². The van der Waals surface area contributed by atoms with Gasteiger partial charge in [-0.1, -0.05) is 24.3 Å². The van der Waals surface area contributed by atoms with E-state index in [1.165, 1.54) is 5.56 Å². The summed E-state index contributed by atoms with van der Waals surface area (Å²) in [5.74, 6) is 0.878. The van der Waals surface area contributed by atoms with Crippen molar-refractivity contribution in [2.75, 3.05) is 0 Å². The number of imidazole rings is 2. The van der Waals surface area contributed by atoms with E-state index in [-0.39, 0.29) is 0 Å². The van der Waals surface area contributed by atoms with Gasteiger partial charge in [0.05, 0.1) is 34.0 Å². The average molecular weight is 388 g/mol. The van der Waals surface area contributed by atoms with Gasteiger partial charge in [-0.25, -0.2) is 4.98 Å². The predicted octanol–water partition coefficient (Wildman–Crippen LogP) is 6.03. The summed E-state index contributed by atoms with van der Waals surface area (Å²) in [6.07, 6.45) is 3.59. The van der Waals surface area contributed by atoms with Gasteiger partial charge >= 0.3 is 0 Å². The molecule has 0 amide bonds. The quantitative estimate of drug-likeness (QED) is 0.345. The van der Waals surface area contributed by atoms with Gasteiger partial charge in [0, 0.05) is 17.0 Å². The highest BCUT2D eigenvalue weighted by atomic mass is 16.3. The Morgan fingerprint density at radius 3 is 2.53 bits per heavy atom. The van der Waals surface area contributed by atoms with Gasteiger partial charge in [-0.3, -0.25) is 14.0 Å². The summed E-state index contributed by atoms with van der Waals surface area (Å²) in [6.45, 7) is 2.12. The van der Waals surface area contributed by atoms with Crippen molar-refractivity contribution in [3.8, 4) is 5.69 Å². The molecule has 5 heteroatoms. The van der Waals surface area contributed by atoms with Gasteiger partial charge in [0.2, 0.25) is 5.78 Å². The van der Waals surface area contributed by atoms with Gasteiger partial charge in [0.15, 0.2) is 11.2 Å². The van der Waals surface area contributed by atoms with Crippen LogP contribution in [0.15, 0.2) is 83.5 Å². The molecule has 7 aromatic rings. The van der Waals surface area contributed by atoms with Crippen LogP contribution in [0, 0.1) is 6.92 Å². The first kappa shape index (κ1) is 15.8. The number of benzene rings is 3. The third-order valence-electron chi connectivity index (χ3n) is 5.85. The second-order valence-corrected chi connectivity index (χ2v) is 7.69. The van der Waals surface area contributed by atoms with E-state index < -0.39 is 0 Å². The summed E-state index contributed by atoms with van der Waals surface area (Å²) in [5.41, 5.74) is 8.08. The third kappa shape index (κ3) is 1.91. The monoisotopic (exact) mass is 388 g/mol. The van der Waals surface area contributed by atoms with Crippen molar-refractivity contribution in [1.29, 1.82) is 0 Å². The van der Waals surface area contributed by atoms with Crippen molar-refractivity contribution < 1.29 is 4.42 Å². The lowest BCUT2D eigenvalue weighted by Gasteiger charge is -2.07. The van der Waals surface area contributed by atoms with Crippen molar-refractivity contribution in [3.05, 3.63) is 84.7 Å². The normalized spacial score (nSPS) is 12.2. The zero-order valence-corrected chi connectivity index (χ0v) is 16.2. The van der Waals surface area contributed by atoms with Gasteiger partial charge in [-0.05, 0) is 55.0 Å². The van der Waals surface area contributed by atoms with Crippen LogP contribution >= 0.6 is 0 Å². The second-order valence-electron chi connectivity index (χ2n) is 7.69. The lowest BCUT2D eigenvalue weighted by Crippen LogP contribution is -1.96. The van der Waals surface area contributed by atoms with E-state index in [0.29, 0.717) is 0 Å². The van der Waals surface area contributed by atoms with E-state index in [1.54, 1.807) is 6.20 Å². The number of hydrogen-bond donors (Lipinski definition) is 0. The van der Waals surface area contributed by atoms with Gasteiger partial charge in [-0.15, -0.1) is 0 Å².